The van der Waals surface area contributed by atoms with Crippen LogP contribution in [0.25, 0.3) is 0 Å². The summed E-state index contributed by atoms with van der Waals surface area (Å²) in [5, 5.41) is 3.04. The molecule has 65 valence electrons. The largest absolute Gasteiger partial charge is 0.147 e. The molecule has 0 aliphatic rings. The molecule has 0 bridgehead atoms. The van der Waals surface area contributed by atoms with Crippen molar-refractivity contribution in [3.05, 3.63) is 0 Å². The van der Waals surface area contributed by atoms with E-state index in [9.17, 15) is 0 Å². The molecule has 10 heavy (non-hydrogen) atoms. The normalized spacial score (nSPS) is 6.60. The maximum absolute atomic E-state index is 5.00. The van der Waals surface area contributed by atoms with E-state index in [2.05, 4.69) is 12.2 Å². The monoisotopic (exact) mass is 316 g/mol. The molecule has 0 heterocycles. The Morgan fingerprint density at radius 3 is 2.10 bits per heavy atom. The summed E-state index contributed by atoms with van der Waals surface area (Å²) in [5.74, 6) is 0. The fraction of sp³-hybridized carbons (Fsp3) is 1.00. The summed E-state index contributed by atoms with van der Waals surface area (Å²) in [6, 6.07) is 0. The van der Waals surface area contributed by atoms with Crippen molar-refractivity contribution in [3.63, 3.8) is 0 Å². The molecule has 0 unspecified atom stereocenters. The molecule has 0 aliphatic heterocycles. The predicted octanol–water partition coefficient (Wildman–Crippen LogP) is 0.961. The van der Waals surface area contributed by atoms with E-state index in [0.717, 1.165) is 11.2 Å². The second-order valence-electron chi connectivity index (χ2n) is 1.10. The third-order valence-corrected chi connectivity index (χ3v) is 1.14. The molecule has 0 saturated heterocycles. The van der Waals surface area contributed by atoms with Crippen LogP contribution in [0.2, 0.25) is 0 Å². The van der Waals surface area contributed by atoms with Crippen molar-refractivity contribution in [1.82, 2.24) is 5.32 Å². The van der Waals surface area contributed by atoms with Gasteiger partial charge in [0.1, 0.15) is 0 Å². The number of hydrogen-bond donors (Lipinski definition) is 1. The molecule has 0 aromatic heterocycles. The van der Waals surface area contributed by atoms with Crippen LogP contribution >= 0.6 is 37.2 Å². The fourth-order valence-electron chi connectivity index (χ4n) is 0.225. The first-order valence-electron chi connectivity index (χ1n) is 2.35. The average Bonchev–Trinajstić information content (AvgIpc) is 1.69. The van der Waals surface area contributed by atoms with Crippen LogP contribution < -0.4 is 5.32 Å². The van der Waals surface area contributed by atoms with E-state index < -0.39 is 0 Å². The minimum atomic E-state index is 0. The third kappa shape index (κ3) is 22.6. The van der Waals surface area contributed by atoms with Gasteiger partial charge in [-0.15, -0.1) is 37.2 Å². The van der Waals surface area contributed by atoms with Gasteiger partial charge >= 0.3 is 57.4 Å². The second kappa shape index (κ2) is 22.4. The minimum Gasteiger partial charge on any atom is -0.147 e. The van der Waals surface area contributed by atoms with Gasteiger partial charge in [-0.3, -0.25) is 0 Å². The smallest absolute Gasteiger partial charge is 0.147 e. The van der Waals surface area contributed by atoms with Gasteiger partial charge < -0.3 is 0 Å². The van der Waals surface area contributed by atoms with Crippen LogP contribution in [0.5, 0.6) is 0 Å². The first-order valence-corrected chi connectivity index (χ1v) is 4.36. The predicted molar refractivity (Wildman–Crippen MR) is 52.0 cm³/mol. The third-order valence-electron chi connectivity index (χ3n) is 0.556. The van der Waals surface area contributed by atoms with Crippen LogP contribution in [0.15, 0.2) is 0 Å². The van der Waals surface area contributed by atoms with Crippen molar-refractivity contribution in [3.8, 4) is 0 Å². The van der Waals surface area contributed by atoms with Gasteiger partial charge in [-0.25, -0.2) is 0 Å². The summed E-state index contributed by atoms with van der Waals surface area (Å²) < 4.78 is 5.89. The Morgan fingerprint density at radius 2 is 1.80 bits per heavy atom. The molecule has 0 amide bonds. The summed E-state index contributed by atoms with van der Waals surface area (Å²) in [5.41, 5.74) is 0. The van der Waals surface area contributed by atoms with Gasteiger partial charge in [0.25, 0.3) is 0 Å². The molecule has 0 rings (SSSR count). The zero-order valence-corrected chi connectivity index (χ0v) is 11.1. The Labute approximate surface area is 94.2 Å². The van der Waals surface area contributed by atoms with E-state index in [4.69, 9.17) is 4.74 Å². The van der Waals surface area contributed by atoms with Crippen molar-refractivity contribution >= 4 is 59.7 Å². The molecule has 1 N–H and O–H groups in total. The molecule has 6 heteroatoms. The van der Waals surface area contributed by atoms with Crippen LogP contribution in [-0.4, -0.2) is 40.4 Å². The molecule has 0 atom stereocenters. The minimum absolute atomic E-state index is 0. The molecular weight excluding hydrogens is 303 g/mol. The Bertz CT molecular complexity index is 39.7. The summed E-state index contributed by atoms with van der Waals surface area (Å²) in [4.78, 5) is 0. The number of hydrogen-bond acceptors (Lipinski definition) is 2. The first-order chi connectivity index (χ1) is 3.41. The Kier molecular flexibility index (Phi) is 50.6. The van der Waals surface area contributed by atoms with E-state index in [-0.39, 0.29) is 37.2 Å². The van der Waals surface area contributed by atoms with Crippen LogP contribution in [0.3, 0.4) is 0 Å². The van der Waals surface area contributed by atoms with Crippen LogP contribution in [0.4, 0.5) is 0 Å². The van der Waals surface area contributed by atoms with Crippen molar-refractivity contribution in [2.24, 2.45) is 0 Å². The molecular formula is C4H13Cl3NOSn. The summed E-state index contributed by atoms with van der Waals surface area (Å²) in [6.45, 7) is 3.77. The number of rotatable bonds is 4. The molecule has 0 saturated carbocycles. The quantitative estimate of drug-likeness (QED) is 0.474. The van der Waals surface area contributed by atoms with Gasteiger partial charge in [0.05, 0.1) is 0 Å². The van der Waals surface area contributed by atoms with Gasteiger partial charge in [-0.2, -0.15) is 0 Å². The van der Waals surface area contributed by atoms with Crippen molar-refractivity contribution in [2.45, 2.75) is 6.92 Å². The summed E-state index contributed by atoms with van der Waals surface area (Å²) in [7, 11) is 0. The Morgan fingerprint density at radius 1 is 1.30 bits per heavy atom. The maximum atomic E-state index is 5.00. The van der Waals surface area contributed by atoms with Crippen LogP contribution in [0, 0.1) is 0 Å². The van der Waals surface area contributed by atoms with E-state index >= 15 is 0 Å². The van der Waals surface area contributed by atoms with Crippen molar-refractivity contribution in [1.29, 1.82) is 0 Å². The van der Waals surface area contributed by atoms with Crippen LogP contribution in [0.1, 0.15) is 6.92 Å². The van der Waals surface area contributed by atoms with E-state index in [1.54, 1.807) is 0 Å². The Balaban J connectivity index is -0.0000000600. The molecule has 3 radical (unpaired) electrons. The molecule has 0 aromatic carbocycles. The molecule has 0 spiro atoms. The molecule has 0 aromatic rings. The molecule has 0 aliphatic carbocycles. The molecule has 0 fully saturated rings. The van der Waals surface area contributed by atoms with E-state index in [1.807, 2.05) is 0 Å². The zero-order valence-electron chi connectivity index (χ0n) is 5.75. The standard InChI is InChI=1S/C4H10NO.3ClH.Sn/c1-3-5-4-6-2;;;;/h5H,2-4H2,1H3;3*1H;. The topological polar surface area (TPSA) is 21.3 Å². The van der Waals surface area contributed by atoms with Crippen molar-refractivity contribution in [2.75, 3.05) is 17.9 Å². The van der Waals surface area contributed by atoms with Crippen molar-refractivity contribution < 1.29 is 4.74 Å². The van der Waals surface area contributed by atoms with Gasteiger partial charge in [-0.1, -0.05) is 0 Å². The number of halogens is 3. The average molecular weight is 316 g/mol. The SMILES string of the molecule is CCNCO[CH2][Sn].Cl.Cl.Cl. The van der Waals surface area contributed by atoms with Crippen LogP contribution in [-0.2, 0) is 4.74 Å². The fourth-order valence-corrected chi connectivity index (χ4v) is 0.517. The second-order valence-corrected chi connectivity index (χ2v) is 1.92. The molecule has 2 nitrogen and oxygen atoms in total. The summed E-state index contributed by atoms with van der Waals surface area (Å²) >= 11 is 1.44. The number of nitrogens with one attached hydrogen (secondary N) is 1. The van der Waals surface area contributed by atoms with Gasteiger partial charge in [0.15, 0.2) is 0 Å². The Hall–Kier alpha value is 1.59. The van der Waals surface area contributed by atoms with Gasteiger partial charge in [0, 0.05) is 0 Å². The summed E-state index contributed by atoms with van der Waals surface area (Å²) in [6.07, 6.45) is 0. The maximum Gasteiger partial charge on any atom is -0.147 e. The number of ether oxygens (including phenoxy) is 1. The van der Waals surface area contributed by atoms with Gasteiger partial charge in [-0.05, 0) is 0 Å². The van der Waals surface area contributed by atoms with E-state index in [1.165, 1.54) is 22.5 Å². The van der Waals surface area contributed by atoms with E-state index in [0.29, 0.717) is 6.73 Å². The first kappa shape index (κ1) is 22.6. The van der Waals surface area contributed by atoms with Gasteiger partial charge in [0.2, 0.25) is 0 Å². The zero-order chi connectivity index (χ0) is 5.54.